The average molecular weight is 312 g/mol. The van der Waals surface area contributed by atoms with Gasteiger partial charge in [0, 0.05) is 18.3 Å². The number of nitrogens with two attached hydrogens (primary N) is 1. The van der Waals surface area contributed by atoms with Gasteiger partial charge >= 0.3 is 0 Å². The number of nitrogens with one attached hydrogen (secondary N) is 1. The largest absolute Gasteiger partial charge is 0.494 e. The molecule has 1 atom stereocenters. The highest BCUT2D eigenvalue weighted by atomic mass is 16.5. The van der Waals surface area contributed by atoms with Gasteiger partial charge < -0.3 is 15.8 Å². The van der Waals surface area contributed by atoms with E-state index in [0.29, 0.717) is 0 Å². The van der Waals surface area contributed by atoms with E-state index in [1.807, 2.05) is 6.92 Å². The van der Waals surface area contributed by atoms with Gasteiger partial charge in [-0.05, 0) is 55.2 Å². The summed E-state index contributed by atoms with van der Waals surface area (Å²) >= 11 is 0. The predicted octanol–water partition coefficient (Wildman–Crippen LogP) is 4.54. The van der Waals surface area contributed by atoms with Gasteiger partial charge in [-0.3, -0.25) is 0 Å². The van der Waals surface area contributed by atoms with Crippen LogP contribution >= 0.6 is 0 Å². The fourth-order valence-corrected chi connectivity index (χ4v) is 2.34. The molecule has 0 aliphatic carbocycles. The number of unbranched alkanes of at least 4 members (excludes halogenated alkanes) is 1. The Labute approximate surface area is 139 Å². The van der Waals surface area contributed by atoms with E-state index in [9.17, 15) is 0 Å². The second-order valence-electron chi connectivity index (χ2n) is 5.93. The lowest BCUT2D eigenvalue weighted by atomic mass is 10.1. The van der Waals surface area contributed by atoms with Gasteiger partial charge in [0.2, 0.25) is 0 Å². The Morgan fingerprint density at radius 3 is 2.35 bits per heavy atom. The topological polar surface area (TPSA) is 47.3 Å². The summed E-state index contributed by atoms with van der Waals surface area (Å²) in [6.07, 6.45) is 3.26. The number of benzene rings is 2. The molecule has 0 heterocycles. The molecule has 23 heavy (non-hydrogen) atoms. The smallest absolute Gasteiger partial charge is 0.119 e. The zero-order valence-electron chi connectivity index (χ0n) is 14.2. The van der Waals surface area contributed by atoms with Gasteiger partial charge in [0.15, 0.2) is 0 Å². The van der Waals surface area contributed by atoms with Crippen molar-refractivity contribution in [2.24, 2.45) is 5.73 Å². The Bertz CT molecular complexity index is 561. The Balaban J connectivity index is 1.75. The maximum absolute atomic E-state index is 5.86. The fraction of sp³-hybridized carbons (Fsp3) is 0.400. The molecule has 0 radical (unpaired) electrons. The highest BCUT2D eigenvalue weighted by Crippen LogP contribution is 2.15. The Morgan fingerprint density at radius 2 is 1.74 bits per heavy atom. The molecule has 0 aliphatic rings. The molecule has 2 aromatic rings. The summed E-state index contributed by atoms with van der Waals surface area (Å²) in [5.41, 5.74) is 9.47. The molecule has 2 aromatic carbocycles. The van der Waals surface area contributed by atoms with Gasteiger partial charge in [0.05, 0.1) is 6.61 Å². The third kappa shape index (κ3) is 5.95. The molecule has 0 amide bonds. The van der Waals surface area contributed by atoms with Crippen LogP contribution in [0.5, 0.6) is 5.75 Å². The molecular weight excluding hydrogens is 284 g/mol. The van der Waals surface area contributed by atoms with Gasteiger partial charge in [-0.1, -0.05) is 37.6 Å². The SMILES string of the molecule is CCCCOc1ccc(CCNc2ccc(C(C)N)cc2)cc1. The van der Waals surface area contributed by atoms with Crippen LogP contribution in [-0.2, 0) is 6.42 Å². The average Bonchev–Trinajstić information content (AvgIpc) is 2.57. The van der Waals surface area contributed by atoms with E-state index in [2.05, 4.69) is 60.8 Å². The Hall–Kier alpha value is -2.00. The molecule has 124 valence electrons. The molecule has 3 heteroatoms. The summed E-state index contributed by atoms with van der Waals surface area (Å²) in [6, 6.07) is 16.8. The minimum Gasteiger partial charge on any atom is -0.494 e. The van der Waals surface area contributed by atoms with Crippen LogP contribution in [0.15, 0.2) is 48.5 Å². The van der Waals surface area contributed by atoms with E-state index in [-0.39, 0.29) is 6.04 Å². The molecule has 0 fully saturated rings. The zero-order chi connectivity index (χ0) is 16.5. The van der Waals surface area contributed by atoms with Gasteiger partial charge in [0.1, 0.15) is 5.75 Å². The quantitative estimate of drug-likeness (QED) is 0.668. The van der Waals surface area contributed by atoms with E-state index in [1.54, 1.807) is 0 Å². The van der Waals surface area contributed by atoms with Crippen molar-refractivity contribution in [1.82, 2.24) is 0 Å². The number of hydrogen-bond acceptors (Lipinski definition) is 3. The van der Waals surface area contributed by atoms with Crippen molar-refractivity contribution in [2.45, 2.75) is 39.2 Å². The van der Waals surface area contributed by atoms with E-state index in [4.69, 9.17) is 10.5 Å². The fourth-order valence-electron chi connectivity index (χ4n) is 2.34. The standard InChI is InChI=1S/C20H28N2O/c1-3-4-15-23-20-11-5-17(6-12-20)13-14-22-19-9-7-18(8-10-19)16(2)21/h5-12,16,22H,3-4,13-15,21H2,1-2H3. The molecule has 0 bridgehead atoms. The second-order valence-corrected chi connectivity index (χ2v) is 5.93. The lowest BCUT2D eigenvalue weighted by Crippen LogP contribution is -2.07. The lowest BCUT2D eigenvalue weighted by molar-refractivity contribution is 0.309. The highest BCUT2D eigenvalue weighted by Gasteiger charge is 2.00. The minimum atomic E-state index is 0.0853. The first kappa shape index (κ1) is 17.4. The molecule has 3 N–H and O–H groups in total. The third-order valence-corrected chi connectivity index (χ3v) is 3.87. The lowest BCUT2D eigenvalue weighted by Gasteiger charge is -2.10. The van der Waals surface area contributed by atoms with E-state index in [0.717, 1.165) is 49.4 Å². The van der Waals surface area contributed by atoms with Crippen molar-refractivity contribution in [1.29, 1.82) is 0 Å². The summed E-state index contributed by atoms with van der Waals surface area (Å²) in [6.45, 7) is 5.88. The number of anilines is 1. The van der Waals surface area contributed by atoms with Crippen molar-refractivity contribution < 1.29 is 4.74 Å². The monoisotopic (exact) mass is 312 g/mol. The summed E-state index contributed by atoms with van der Waals surface area (Å²) in [4.78, 5) is 0. The maximum atomic E-state index is 5.86. The van der Waals surface area contributed by atoms with Crippen LogP contribution in [0.4, 0.5) is 5.69 Å². The van der Waals surface area contributed by atoms with Gasteiger partial charge in [-0.15, -0.1) is 0 Å². The van der Waals surface area contributed by atoms with Crippen molar-refractivity contribution in [3.8, 4) is 5.75 Å². The predicted molar refractivity (Wildman–Crippen MR) is 98.1 cm³/mol. The molecule has 0 aliphatic heterocycles. The zero-order valence-corrected chi connectivity index (χ0v) is 14.2. The molecule has 0 aromatic heterocycles. The second kappa shape index (κ2) is 9.21. The van der Waals surface area contributed by atoms with Gasteiger partial charge in [0.25, 0.3) is 0 Å². The van der Waals surface area contributed by atoms with Crippen molar-refractivity contribution in [2.75, 3.05) is 18.5 Å². The molecule has 1 unspecified atom stereocenters. The van der Waals surface area contributed by atoms with Gasteiger partial charge in [-0.2, -0.15) is 0 Å². The Morgan fingerprint density at radius 1 is 1.04 bits per heavy atom. The molecule has 0 spiro atoms. The van der Waals surface area contributed by atoms with Crippen LogP contribution in [0.3, 0.4) is 0 Å². The maximum Gasteiger partial charge on any atom is 0.119 e. The Kier molecular flexibility index (Phi) is 6.95. The third-order valence-electron chi connectivity index (χ3n) is 3.87. The van der Waals surface area contributed by atoms with Crippen LogP contribution in [0.1, 0.15) is 43.9 Å². The summed E-state index contributed by atoms with van der Waals surface area (Å²) in [5, 5.41) is 3.44. The minimum absolute atomic E-state index is 0.0853. The van der Waals surface area contributed by atoms with Crippen LogP contribution in [0, 0.1) is 0 Å². The molecule has 2 rings (SSSR count). The molecule has 0 saturated heterocycles. The summed E-state index contributed by atoms with van der Waals surface area (Å²) in [5.74, 6) is 0.960. The first-order valence-electron chi connectivity index (χ1n) is 8.50. The summed E-state index contributed by atoms with van der Waals surface area (Å²) in [7, 11) is 0. The van der Waals surface area contributed by atoms with E-state index >= 15 is 0 Å². The first-order valence-corrected chi connectivity index (χ1v) is 8.50. The van der Waals surface area contributed by atoms with Crippen molar-refractivity contribution in [3.05, 3.63) is 59.7 Å². The van der Waals surface area contributed by atoms with Crippen molar-refractivity contribution >= 4 is 5.69 Å². The first-order chi connectivity index (χ1) is 11.2. The number of ether oxygens (including phenoxy) is 1. The number of hydrogen-bond donors (Lipinski definition) is 2. The van der Waals surface area contributed by atoms with Crippen LogP contribution < -0.4 is 15.8 Å². The summed E-state index contributed by atoms with van der Waals surface area (Å²) < 4.78 is 5.68. The van der Waals surface area contributed by atoms with Crippen LogP contribution in [0.25, 0.3) is 0 Å². The molecule has 0 saturated carbocycles. The van der Waals surface area contributed by atoms with E-state index < -0.39 is 0 Å². The highest BCUT2D eigenvalue weighted by molar-refractivity contribution is 5.45. The normalized spacial score (nSPS) is 12.0. The van der Waals surface area contributed by atoms with Crippen molar-refractivity contribution in [3.63, 3.8) is 0 Å². The molecule has 3 nitrogen and oxygen atoms in total. The van der Waals surface area contributed by atoms with Crippen LogP contribution in [0.2, 0.25) is 0 Å². The number of rotatable bonds is 9. The van der Waals surface area contributed by atoms with Crippen LogP contribution in [-0.4, -0.2) is 13.2 Å². The molecular formula is C20H28N2O. The van der Waals surface area contributed by atoms with E-state index in [1.165, 1.54) is 5.56 Å². The van der Waals surface area contributed by atoms with Gasteiger partial charge in [-0.25, -0.2) is 0 Å².